The van der Waals surface area contributed by atoms with Crippen LogP contribution in [0.5, 0.6) is 0 Å². The number of carboxylic acids is 1. The molecule has 0 aliphatic carbocycles. The van der Waals surface area contributed by atoms with Gasteiger partial charge in [-0.05, 0) is 31.7 Å². The molecule has 0 amide bonds. The summed E-state index contributed by atoms with van der Waals surface area (Å²) in [6.45, 7) is 1.44. The van der Waals surface area contributed by atoms with Crippen LogP contribution < -0.4 is 11.5 Å². The topological polar surface area (TPSA) is 138 Å². The molecule has 0 radical (unpaired) electrons. The van der Waals surface area contributed by atoms with Gasteiger partial charge in [0.1, 0.15) is 5.54 Å². The maximum absolute atomic E-state index is 10.6. The molecule has 0 aliphatic rings. The number of carbonyl (C=O) groups is 1. The van der Waals surface area contributed by atoms with Gasteiger partial charge in [-0.1, -0.05) is 5.11 Å². The standard InChI is InChI=1S/C7H15N5O2/c1-7(9,6(13)14)4-2-3-5(8)11-12-10/h5H,2-4,8-9H2,1H3,(H,13,14)/t5?,7-/m0/s1. The lowest BCUT2D eigenvalue weighted by molar-refractivity contribution is -0.142. The van der Waals surface area contributed by atoms with Crippen molar-refractivity contribution in [2.75, 3.05) is 0 Å². The van der Waals surface area contributed by atoms with Crippen LogP contribution >= 0.6 is 0 Å². The van der Waals surface area contributed by atoms with Gasteiger partial charge >= 0.3 is 5.97 Å². The average molecular weight is 201 g/mol. The van der Waals surface area contributed by atoms with Crippen LogP contribution in [-0.4, -0.2) is 22.8 Å². The Morgan fingerprint density at radius 1 is 1.79 bits per heavy atom. The molecule has 5 N–H and O–H groups in total. The molecule has 0 fully saturated rings. The molecule has 0 bridgehead atoms. The van der Waals surface area contributed by atoms with E-state index in [1.165, 1.54) is 6.92 Å². The number of hydrogen-bond acceptors (Lipinski definition) is 4. The minimum Gasteiger partial charge on any atom is -0.480 e. The Balaban J connectivity index is 3.84. The third-order valence-electron chi connectivity index (χ3n) is 1.88. The van der Waals surface area contributed by atoms with Crippen LogP contribution in [0.3, 0.4) is 0 Å². The Labute approximate surface area is 81.7 Å². The number of nitrogens with two attached hydrogens (primary N) is 2. The van der Waals surface area contributed by atoms with Crippen LogP contribution in [0.2, 0.25) is 0 Å². The quantitative estimate of drug-likeness (QED) is 0.328. The molecule has 7 nitrogen and oxygen atoms in total. The highest BCUT2D eigenvalue weighted by molar-refractivity contribution is 5.77. The van der Waals surface area contributed by atoms with E-state index >= 15 is 0 Å². The lowest BCUT2D eigenvalue weighted by Crippen LogP contribution is -2.44. The summed E-state index contributed by atoms with van der Waals surface area (Å²) in [6.07, 6.45) is 0.644. The molecular weight excluding hydrogens is 186 g/mol. The van der Waals surface area contributed by atoms with E-state index in [0.29, 0.717) is 19.3 Å². The maximum atomic E-state index is 10.6. The molecule has 0 heterocycles. The van der Waals surface area contributed by atoms with E-state index < -0.39 is 17.7 Å². The van der Waals surface area contributed by atoms with Crippen molar-refractivity contribution < 1.29 is 9.90 Å². The molecule has 0 saturated carbocycles. The number of rotatable bonds is 6. The summed E-state index contributed by atoms with van der Waals surface area (Å²) in [5, 5.41) is 11.9. The van der Waals surface area contributed by atoms with E-state index in [9.17, 15) is 4.79 Å². The van der Waals surface area contributed by atoms with Crippen LogP contribution in [0.25, 0.3) is 10.4 Å². The summed E-state index contributed by atoms with van der Waals surface area (Å²) in [5.41, 5.74) is 17.7. The second kappa shape index (κ2) is 5.43. The van der Waals surface area contributed by atoms with Crippen molar-refractivity contribution >= 4 is 5.97 Å². The number of nitrogens with zero attached hydrogens (tertiary/aromatic N) is 3. The van der Waals surface area contributed by atoms with Gasteiger partial charge in [-0.2, -0.15) is 0 Å². The van der Waals surface area contributed by atoms with Gasteiger partial charge in [0.2, 0.25) is 0 Å². The van der Waals surface area contributed by atoms with Gasteiger partial charge in [0, 0.05) is 4.91 Å². The predicted octanol–water partition coefficient (Wildman–Crippen LogP) is 0.554. The third kappa shape index (κ3) is 4.66. The first kappa shape index (κ1) is 12.7. The van der Waals surface area contributed by atoms with Crippen molar-refractivity contribution in [2.45, 2.75) is 37.9 Å². The first-order chi connectivity index (χ1) is 6.40. The number of carboxylic acid groups (broad SMARTS) is 1. The molecule has 7 heteroatoms. The van der Waals surface area contributed by atoms with Gasteiger partial charge in [0.15, 0.2) is 0 Å². The summed E-state index contributed by atoms with van der Waals surface area (Å²) in [5.74, 6) is -1.05. The first-order valence-corrected chi connectivity index (χ1v) is 4.22. The number of aliphatic carboxylic acids is 1. The van der Waals surface area contributed by atoms with E-state index in [0.717, 1.165) is 0 Å². The second-order valence-electron chi connectivity index (χ2n) is 3.39. The molecule has 80 valence electrons. The smallest absolute Gasteiger partial charge is 0.323 e. The Bertz CT molecular complexity index is 246. The van der Waals surface area contributed by atoms with Crippen LogP contribution in [0.1, 0.15) is 26.2 Å². The minimum absolute atomic E-state index is 0.303. The Hall–Kier alpha value is -1.30. The van der Waals surface area contributed by atoms with Crippen LogP contribution in [0.4, 0.5) is 0 Å². The molecule has 0 aliphatic heterocycles. The van der Waals surface area contributed by atoms with E-state index in [1.54, 1.807) is 0 Å². The zero-order chi connectivity index (χ0) is 11.2. The lowest BCUT2D eigenvalue weighted by atomic mass is 9.96. The van der Waals surface area contributed by atoms with Gasteiger partial charge in [-0.15, -0.1) is 0 Å². The number of azide groups is 1. The van der Waals surface area contributed by atoms with Crippen LogP contribution in [-0.2, 0) is 4.79 Å². The fraction of sp³-hybridized carbons (Fsp3) is 0.857. The molecular formula is C7H15N5O2. The molecule has 14 heavy (non-hydrogen) atoms. The van der Waals surface area contributed by atoms with Crippen molar-refractivity contribution in [1.82, 2.24) is 0 Å². The summed E-state index contributed by atoms with van der Waals surface area (Å²) in [6, 6.07) is 0. The Morgan fingerprint density at radius 3 is 2.79 bits per heavy atom. The fourth-order valence-corrected chi connectivity index (χ4v) is 0.909. The van der Waals surface area contributed by atoms with E-state index in [1.807, 2.05) is 0 Å². The second-order valence-corrected chi connectivity index (χ2v) is 3.39. The molecule has 1 unspecified atom stereocenters. The molecule has 2 atom stereocenters. The van der Waals surface area contributed by atoms with Crippen molar-refractivity contribution in [3.63, 3.8) is 0 Å². The van der Waals surface area contributed by atoms with E-state index in [4.69, 9.17) is 22.1 Å². The maximum Gasteiger partial charge on any atom is 0.323 e. The summed E-state index contributed by atoms with van der Waals surface area (Å²) in [7, 11) is 0. The van der Waals surface area contributed by atoms with Crippen molar-refractivity contribution in [1.29, 1.82) is 0 Å². The third-order valence-corrected chi connectivity index (χ3v) is 1.88. The van der Waals surface area contributed by atoms with Gasteiger partial charge in [-0.25, -0.2) is 0 Å². The van der Waals surface area contributed by atoms with E-state index in [-0.39, 0.29) is 0 Å². The molecule has 0 aromatic carbocycles. The predicted molar refractivity (Wildman–Crippen MR) is 51.2 cm³/mol. The molecule has 0 aromatic rings. The first-order valence-electron chi connectivity index (χ1n) is 4.22. The van der Waals surface area contributed by atoms with Gasteiger partial charge in [0.25, 0.3) is 0 Å². The SMILES string of the molecule is C[C@](N)(CCCC(N)N=[N+]=[N-])C(=O)O. The molecule has 0 rings (SSSR count). The minimum atomic E-state index is -1.24. The highest BCUT2D eigenvalue weighted by Gasteiger charge is 2.26. The van der Waals surface area contributed by atoms with Gasteiger partial charge < -0.3 is 16.6 Å². The van der Waals surface area contributed by atoms with Gasteiger partial charge in [0.05, 0.1) is 6.17 Å². The summed E-state index contributed by atoms with van der Waals surface area (Å²) >= 11 is 0. The van der Waals surface area contributed by atoms with Crippen molar-refractivity contribution in [2.24, 2.45) is 16.6 Å². The van der Waals surface area contributed by atoms with Crippen molar-refractivity contribution in [3.8, 4) is 0 Å². The molecule has 0 spiro atoms. The van der Waals surface area contributed by atoms with Crippen molar-refractivity contribution in [3.05, 3.63) is 10.4 Å². The highest BCUT2D eigenvalue weighted by atomic mass is 16.4. The average Bonchev–Trinajstić information content (AvgIpc) is 2.04. The monoisotopic (exact) mass is 201 g/mol. The Morgan fingerprint density at radius 2 is 2.36 bits per heavy atom. The highest BCUT2D eigenvalue weighted by Crippen LogP contribution is 2.11. The molecule has 0 saturated heterocycles. The largest absolute Gasteiger partial charge is 0.480 e. The number of hydrogen-bond donors (Lipinski definition) is 3. The van der Waals surface area contributed by atoms with Gasteiger partial charge in [-0.3, -0.25) is 4.79 Å². The summed E-state index contributed by atoms with van der Waals surface area (Å²) < 4.78 is 0. The summed E-state index contributed by atoms with van der Waals surface area (Å²) in [4.78, 5) is 13.1. The normalized spacial score (nSPS) is 16.5. The Kier molecular flexibility index (Phi) is 4.93. The van der Waals surface area contributed by atoms with Crippen LogP contribution in [0, 0.1) is 0 Å². The van der Waals surface area contributed by atoms with Crippen LogP contribution in [0.15, 0.2) is 5.11 Å². The van der Waals surface area contributed by atoms with E-state index in [2.05, 4.69) is 10.0 Å². The lowest BCUT2D eigenvalue weighted by Gasteiger charge is -2.18. The molecule has 0 aromatic heterocycles. The fourth-order valence-electron chi connectivity index (χ4n) is 0.909. The zero-order valence-electron chi connectivity index (χ0n) is 8.05. The zero-order valence-corrected chi connectivity index (χ0v) is 8.05.